The Hall–Kier alpha value is -1.94. The number of hydrogen-bond donors (Lipinski definition) is 3. The average molecular weight is 1400 g/mol. The summed E-state index contributed by atoms with van der Waals surface area (Å²) in [6, 6.07) is 0. The predicted molar refractivity (Wildman–Crippen MR) is 386 cm³/mol. The Morgan fingerprint density at radius 3 is 0.800 bits per heavy atom. The number of rotatable bonds is 74. The van der Waals surface area contributed by atoms with E-state index in [0.717, 1.165) is 114 Å². The van der Waals surface area contributed by atoms with E-state index >= 15 is 0 Å². The van der Waals surface area contributed by atoms with Crippen LogP contribution in [-0.4, -0.2) is 96.7 Å². The lowest BCUT2D eigenvalue weighted by Crippen LogP contribution is -2.30. The van der Waals surface area contributed by atoms with Crippen LogP contribution in [0.1, 0.15) is 389 Å². The molecular formula is C76H148O17P2. The van der Waals surface area contributed by atoms with Gasteiger partial charge in [-0.05, 0) is 43.4 Å². The Morgan fingerprint density at radius 2 is 0.537 bits per heavy atom. The van der Waals surface area contributed by atoms with E-state index in [2.05, 4.69) is 48.5 Å². The van der Waals surface area contributed by atoms with Gasteiger partial charge in [-0.25, -0.2) is 9.13 Å². The fraction of sp³-hybridized carbons (Fsp3) is 0.947. The van der Waals surface area contributed by atoms with E-state index in [1.165, 1.54) is 193 Å². The SMILES string of the molecule is CCCCCCCC(=O)OC[C@H](COP(=O)(O)OC[C@H](O)COP(=O)(O)OC[C@@H](COC(=O)CCCCCCCCCCCCCCCCC(C)C)OC(=O)CCCCCCCCCCCCCCCCCCCCC(C)CC)OC(=O)CCCCCCCCCCC(C)C. The molecule has 0 aromatic rings. The zero-order valence-corrected chi connectivity index (χ0v) is 63.9. The van der Waals surface area contributed by atoms with Crippen LogP contribution < -0.4 is 0 Å². The van der Waals surface area contributed by atoms with Crippen molar-refractivity contribution in [3.05, 3.63) is 0 Å². The number of carbonyl (C=O) groups is 4. The summed E-state index contributed by atoms with van der Waals surface area (Å²) in [5.41, 5.74) is 0. The topological polar surface area (TPSA) is 237 Å². The molecule has 95 heavy (non-hydrogen) atoms. The molecule has 6 atom stereocenters. The largest absolute Gasteiger partial charge is 0.472 e. The first kappa shape index (κ1) is 93.1. The van der Waals surface area contributed by atoms with Gasteiger partial charge in [-0.15, -0.1) is 0 Å². The van der Waals surface area contributed by atoms with E-state index in [9.17, 15) is 43.2 Å². The number of carbonyl (C=O) groups excluding carboxylic acids is 4. The van der Waals surface area contributed by atoms with Gasteiger partial charge in [0.25, 0.3) is 0 Å². The molecule has 0 fully saturated rings. The lowest BCUT2D eigenvalue weighted by molar-refractivity contribution is -0.161. The number of hydrogen-bond acceptors (Lipinski definition) is 15. The lowest BCUT2D eigenvalue weighted by Gasteiger charge is -2.21. The van der Waals surface area contributed by atoms with Gasteiger partial charge in [0.15, 0.2) is 12.2 Å². The van der Waals surface area contributed by atoms with Crippen LogP contribution in [0.2, 0.25) is 0 Å². The molecule has 17 nitrogen and oxygen atoms in total. The molecule has 3 unspecified atom stereocenters. The Kier molecular flexibility index (Phi) is 65.2. The molecule has 0 rings (SSSR count). The maximum absolute atomic E-state index is 13.1. The van der Waals surface area contributed by atoms with Crippen molar-refractivity contribution in [2.45, 2.75) is 407 Å². The average Bonchev–Trinajstić information content (AvgIpc) is 1.70. The predicted octanol–water partition coefficient (Wildman–Crippen LogP) is 22.2. The fourth-order valence-corrected chi connectivity index (χ4v) is 13.1. The molecule has 0 aliphatic rings. The van der Waals surface area contributed by atoms with Crippen molar-refractivity contribution in [3.63, 3.8) is 0 Å². The Bertz CT molecular complexity index is 1850. The summed E-state index contributed by atoms with van der Waals surface area (Å²) in [6.45, 7) is 11.9. The third-order valence-electron chi connectivity index (χ3n) is 18.0. The van der Waals surface area contributed by atoms with Crippen molar-refractivity contribution < 1.29 is 80.2 Å². The fourth-order valence-electron chi connectivity index (χ4n) is 11.6. The Balaban J connectivity index is 5.12. The van der Waals surface area contributed by atoms with Gasteiger partial charge in [0, 0.05) is 25.7 Å². The second-order valence-corrected chi connectivity index (χ2v) is 31.5. The van der Waals surface area contributed by atoms with Crippen molar-refractivity contribution >= 4 is 39.5 Å². The van der Waals surface area contributed by atoms with Crippen LogP contribution in [0.25, 0.3) is 0 Å². The van der Waals surface area contributed by atoms with Gasteiger partial charge in [0.05, 0.1) is 26.4 Å². The maximum atomic E-state index is 13.1. The van der Waals surface area contributed by atoms with Crippen LogP contribution in [0.5, 0.6) is 0 Å². The van der Waals surface area contributed by atoms with Crippen LogP contribution in [0.4, 0.5) is 0 Å². The zero-order valence-electron chi connectivity index (χ0n) is 62.1. The summed E-state index contributed by atoms with van der Waals surface area (Å²) in [6.07, 6.45) is 53.3. The van der Waals surface area contributed by atoms with E-state index in [1.54, 1.807) is 0 Å². The molecule has 0 bridgehead atoms. The molecule has 0 saturated heterocycles. The molecular weight excluding hydrogens is 1250 g/mol. The molecule has 0 spiro atoms. The van der Waals surface area contributed by atoms with Crippen LogP contribution >= 0.6 is 15.6 Å². The molecule has 0 aliphatic heterocycles. The highest BCUT2D eigenvalue weighted by atomic mass is 31.2. The number of esters is 4. The quantitative estimate of drug-likeness (QED) is 0.0222. The summed E-state index contributed by atoms with van der Waals surface area (Å²) < 4.78 is 68.2. The normalized spacial score (nSPS) is 14.4. The third kappa shape index (κ3) is 69.0. The molecule has 19 heteroatoms. The molecule has 0 heterocycles. The second-order valence-electron chi connectivity index (χ2n) is 28.6. The maximum Gasteiger partial charge on any atom is 0.472 e. The summed E-state index contributed by atoms with van der Waals surface area (Å²) >= 11 is 0. The molecule has 3 N–H and O–H groups in total. The van der Waals surface area contributed by atoms with Gasteiger partial charge >= 0.3 is 39.5 Å². The molecule has 0 aromatic heterocycles. The minimum Gasteiger partial charge on any atom is -0.462 e. The van der Waals surface area contributed by atoms with Crippen molar-refractivity contribution in [1.82, 2.24) is 0 Å². The monoisotopic (exact) mass is 1400 g/mol. The number of ether oxygens (including phenoxy) is 4. The minimum atomic E-state index is -4.96. The number of aliphatic hydroxyl groups excluding tert-OH is 1. The summed E-state index contributed by atoms with van der Waals surface area (Å²) in [5.74, 6) is 0.257. The first-order valence-corrected chi connectivity index (χ1v) is 42.4. The van der Waals surface area contributed by atoms with E-state index in [1.807, 2.05) is 0 Å². The standard InChI is InChI=1S/C76H148O17P2/c1-8-10-11-40-50-57-73(78)86-63-71(92-76(81)60-53-46-39-33-32-35-42-48-55-68(5)6)65-90-94(82,83)88-61-70(77)62-89-95(84,85)91-66-72(64-87-74(79)58-51-44-37-30-26-22-19-18-20-24-28-34-41-47-54-67(3)4)93-75(80)59-52-45-38-31-27-23-17-15-13-12-14-16-21-25-29-36-43-49-56-69(7)9-2/h67-72,77H,8-66H2,1-7H3,(H,82,83)(H,84,85)/t69?,70-,71+,72+/m0/s1. The summed E-state index contributed by atoms with van der Waals surface area (Å²) in [5, 5.41) is 10.6. The van der Waals surface area contributed by atoms with Crippen molar-refractivity contribution in [2.75, 3.05) is 39.6 Å². The highest BCUT2D eigenvalue weighted by Gasteiger charge is 2.30. The summed E-state index contributed by atoms with van der Waals surface area (Å²) in [4.78, 5) is 72.5. The number of unbranched alkanes of at least 4 members (excludes halogenated alkanes) is 41. The first-order chi connectivity index (χ1) is 45.8. The van der Waals surface area contributed by atoms with Crippen molar-refractivity contribution in [1.29, 1.82) is 0 Å². The van der Waals surface area contributed by atoms with Gasteiger partial charge in [-0.3, -0.25) is 37.3 Å². The van der Waals surface area contributed by atoms with Crippen LogP contribution in [0.15, 0.2) is 0 Å². The molecule has 0 radical (unpaired) electrons. The highest BCUT2D eigenvalue weighted by Crippen LogP contribution is 2.45. The number of phosphoric acid groups is 2. The van der Waals surface area contributed by atoms with E-state index in [0.29, 0.717) is 25.7 Å². The van der Waals surface area contributed by atoms with Crippen LogP contribution in [0.3, 0.4) is 0 Å². The zero-order chi connectivity index (χ0) is 70.1. The van der Waals surface area contributed by atoms with E-state index in [-0.39, 0.29) is 25.7 Å². The molecule has 0 aliphatic carbocycles. The van der Waals surface area contributed by atoms with Gasteiger partial charge in [0.1, 0.15) is 19.3 Å². The van der Waals surface area contributed by atoms with Gasteiger partial charge in [0.2, 0.25) is 0 Å². The molecule has 0 saturated carbocycles. The lowest BCUT2D eigenvalue weighted by atomic mass is 9.99. The third-order valence-corrected chi connectivity index (χ3v) is 19.9. The summed E-state index contributed by atoms with van der Waals surface area (Å²) in [7, 11) is -9.90. The minimum absolute atomic E-state index is 0.103. The number of aliphatic hydroxyl groups is 1. The molecule has 0 amide bonds. The second kappa shape index (κ2) is 66.6. The Labute approximate surface area is 581 Å². The first-order valence-electron chi connectivity index (χ1n) is 39.4. The van der Waals surface area contributed by atoms with E-state index < -0.39 is 97.5 Å². The van der Waals surface area contributed by atoms with Crippen molar-refractivity contribution in [2.24, 2.45) is 17.8 Å². The smallest absolute Gasteiger partial charge is 0.462 e. The van der Waals surface area contributed by atoms with Crippen LogP contribution in [0, 0.1) is 17.8 Å². The van der Waals surface area contributed by atoms with Crippen molar-refractivity contribution in [3.8, 4) is 0 Å². The van der Waals surface area contributed by atoms with E-state index in [4.69, 9.17) is 37.0 Å². The van der Waals surface area contributed by atoms with Crippen LogP contribution in [-0.2, 0) is 65.4 Å². The molecule has 564 valence electrons. The van der Waals surface area contributed by atoms with Gasteiger partial charge in [-0.1, -0.05) is 337 Å². The van der Waals surface area contributed by atoms with Gasteiger partial charge in [-0.2, -0.15) is 0 Å². The molecule has 0 aromatic carbocycles. The van der Waals surface area contributed by atoms with Gasteiger partial charge < -0.3 is 33.8 Å². The highest BCUT2D eigenvalue weighted by molar-refractivity contribution is 7.47. The Morgan fingerprint density at radius 1 is 0.305 bits per heavy atom. The number of phosphoric ester groups is 2.